The molecule has 1 aromatic rings. The number of aliphatic imine (C=N–C) groups is 1. The quantitative estimate of drug-likeness (QED) is 0.283. The van der Waals surface area contributed by atoms with E-state index in [0.717, 1.165) is 26.0 Å². The number of ether oxygens (including phenoxy) is 2. The second-order valence-electron chi connectivity index (χ2n) is 9.42. The highest BCUT2D eigenvalue weighted by atomic mass is 127. The Kier molecular flexibility index (Phi) is 11.1. The van der Waals surface area contributed by atoms with Crippen molar-refractivity contribution in [3.63, 3.8) is 0 Å². The molecule has 1 aromatic carbocycles. The molecule has 0 saturated carbocycles. The van der Waals surface area contributed by atoms with Crippen LogP contribution in [-0.2, 0) is 9.47 Å². The van der Waals surface area contributed by atoms with Gasteiger partial charge < -0.3 is 25.4 Å². The summed E-state index contributed by atoms with van der Waals surface area (Å²) in [6, 6.07) is 10.4. The van der Waals surface area contributed by atoms with E-state index in [2.05, 4.69) is 45.2 Å². The average molecular weight is 546 g/mol. The number of carbonyl (C=O) groups is 1. The zero-order valence-corrected chi connectivity index (χ0v) is 22.0. The lowest BCUT2D eigenvalue weighted by atomic mass is 9.89. The van der Waals surface area contributed by atoms with E-state index in [9.17, 15) is 4.79 Å². The highest BCUT2D eigenvalue weighted by Crippen LogP contribution is 2.33. The van der Waals surface area contributed by atoms with E-state index in [4.69, 9.17) is 9.47 Å². The number of alkyl carbamates (subject to hydrolysis) is 1. The molecule has 1 saturated heterocycles. The Bertz CT molecular complexity index is 705. The first-order valence-electron chi connectivity index (χ1n) is 10.7. The molecule has 31 heavy (non-hydrogen) atoms. The van der Waals surface area contributed by atoms with Crippen LogP contribution in [-0.4, -0.2) is 49.9 Å². The van der Waals surface area contributed by atoms with Gasteiger partial charge in [-0.2, -0.15) is 0 Å². The van der Waals surface area contributed by atoms with E-state index in [-0.39, 0.29) is 30.1 Å². The molecule has 2 atom stereocenters. The predicted octanol–water partition coefficient (Wildman–Crippen LogP) is 4.24. The van der Waals surface area contributed by atoms with Crippen LogP contribution in [0.1, 0.15) is 59.1 Å². The van der Waals surface area contributed by atoms with E-state index in [0.29, 0.717) is 18.4 Å². The summed E-state index contributed by atoms with van der Waals surface area (Å²) < 4.78 is 11.4. The van der Waals surface area contributed by atoms with Crippen LogP contribution in [0.4, 0.5) is 4.79 Å². The van der Waals surface area contributed by atoms with E-state index < -0.39 is 17.2 Å². The number of rotatable bonds is 6. The van der Waals surface area contributed by atoms with Crippen LogP contribution in [0.2, 0.25) is 0 Å². The molecule has 3 N–H and O–H groups in total. The fraction of sp³-hybridized carbons (Fsp3) is 0.652. The fourth-order valence-corrected chi connectivity index (χ4v) is 3.44. The van der Waals surface area contributed by atoms with Gasteiger partial charge in [-0.15, -0.1) is 24.0 Å². The molecule has 0 radical (unpaired) electrons. The van der Waals surface area contributed by atoms with Crippen molar-refractivity contribution < 1.29 is 14.3 Å². The standard InChI is InChI=1S/C23H38N4O3.HI/c1-22(2,3)30-21(28)27-23(4,5)16-26-20(24-6)25-15-18-13-10-14-29-19(18)17-11-8-7-9-12-17;/h7-9,11-12,18-19H,10,13-16H2,1-6H3,(H,27,28)(H2,24,25,26);1H. The lowest BCUT2D eigenvalue weighted by Gasteiger charge is -2.33. The average Bonchev–Trinajstić information content (AvgIpc) is 2.67. The molecule has 1 heterocycles. The first-order valence-corrected chi connectivity index (χ1v) is 10.7. The highest BCUT2D eigenvalue weighted by Gasteiger charge is 2.28. The molecule has 0 aliphatic carbocycles. The van der Waals surface area contributed by atoms with Gasteiger partial charge in [-0.05, 0) is 53.0 Å². The third kappa shape index (κ3) is 10.1. The predicted molar refractivity (Wildman–Crippen MR) is 136 cm³/mol. The summed E-state index contributed by atoms with van der Waals surface area (Å²) in [5.41, 5.74) is 0.192. The zero-order valence-electron chi connectivity index (χ0n) is 19.7. The summed E-state index contributed by atoms with van der Waals surface area (Å²) in [6.45, 7) is 11.5. The molecule has 7 nitrogen and oxygen atoms in total. The third-order valence-electron chi connectivity index (χ3n) is 4.87. The van der Waals surface area contributed by atoms with E-state index in [1.54, 1.807) is 7.05 Å². The maximum Gasteiger partial charge on any atom is 0.408 e. The molecule has 1 amide bonds. The number of guanidine groups is 1. The van der Waals surface area contributed by atoms with Crippen LogP contribution in [0.3, 0.4) is 0 Å². The summed E-state index contributed by atoms with van der Waals surface area (Å²) >= 11 is 0. The zero-order chi connectivity index (χ0) is 22.2. The monoisotopic (exact) mass is 546 g/mol. The summed E-state index contributed by atoms with van der Waals surface area (Å²) in [5.74, 6) is 1.07. The Morgan fingerprint density at radius 2 is 1.84 bits per heavy atom. The number of benzene rings is 1. The van der Waals surface area contributed by atoms with E-state index in [1.807, 2.05) is 40.7 Å². The fourth-order valence-electron chi connectivity index (χ4n) is 3.44. The van der Waals surface area contributed by atoms with Gasteiger partial charge in [0.25, 0.3) is 0 Å². The minimum Gasteiger partial charge on any atom is -0.444 e. The number of nitrogens with zero attached hydrogens (tertiary/aromatic N) is 1. The Labute approximate surface area is 204 Å². The SMILES string of the molecule is CN=C(NCC1CCCOC1c1ccccc1)NCC(C)(C)NC(=O)OC(C)(C)C.I. The lowest BCUT2D eigenvalue weighted by molar-refractivity contribution is -0.0265. The van der Waals surface area contributed by atoms with Crippen molar-refractivity contribution in [1.29, 1.82) is 0 Å². The smallest absolute Gasteiger partial charge is 0.408 e. The maximum atomic E-state index is 12.1. The minimum atomic E-state index is -0.525. The summed E-state index contributed by atoms with van der Waals surface area (Å²) in [4.78, 5) is 16.4. The van der Waals surface area contributed by atoms with Crippen LogP contribution < -0.4 is 16.0 Å². The molecule has 8 heteroatoms. The number of hydrogen-bond donors (Lipinski definition) is 3. The summed E-state index contributed by atoms with van der Waals surface area (Å²) in [6.07, 6.45) is 1.84. The molecule has 0 spiro atoms. The third-order valence-corrected chi connectivity index (χ3v) is 4.87. The molecule has 176 valence electrons. The number of halogens is 1. The first-order chi connectivity index (χ1) is 14.1. The van der Waals surface area contributed by atoms with Gasteiger partial charge in [-0.25, -0.2) is 4.79 Å². The van der Waals surface area contributed by atoms with Crippen LogP contribution in [0.25, 0.3) is 0 Å². The summed E-state index contributed by atoms with van der Waals surface area (Å²) in [7, 11) is 1.75. The maximum absolute atomic E-state index is 12.1. The van der Waals surface area contributed by atoms with Gasteiger partial charge in [0.1, 0.15) is 5.60 Å². The highest BCUT2D eigenvalue weighted by molar-refractivity contribution is 14.0. The molecule has 0 bridgehead atoms. The normalized spacial score (nSPS) is 19.7. The van der Waals surface area contributed by atoms with Crippen molar-refractivity contribution in [1.82, 2.24) is 16.0 Å². The first kappa shape index (κ1) is 27.5. The Morgan fingerprint density at radius 3 is 2.45 bits per heavy atom. The van der Waals surface area contributed by atoms with Crippen LogP contribution in [0.5, 0.6) is 0 Å². The topological polar surface area (TPSA) is 84.0 Å². The van der Waals surface area contributed by atoms with Gasteiger partial charge in [0.15, 0.2) is 5.96 Å². The molecule has 1 aliphatic heterocycles. The van der Waals surface area contributed by atoms with Crippen molar-refractivity contribution >= 4 is 36.0 Å². The van der Waals surface area contributed by atoms with Gasteiger partial charge in [-0.1, -0.05) is 30.3 Å². The van der Waals surface area contributed by atoms with E-state index >= 15 is 0 Å². The Balaban J connectivity index is 0.00000480. The summed E-state index contributed by atoms with van der Waals surface area (Å²) in [5, 5.41) is 9.62. The molecular weight excluding hydrogens is 507 g/mol. The van der Waals surface area contributed by atoms with Gasteiger partial charge in [-0.3, -0.25) is 4.99 Å². The number of carbonyl (C=O) groups excluding carboxylic acids is 1. The van der Waals surface area contributed by atoms with Gasteiger partial charge in [0, 0.05) is 32.7 Å². The van der Waals surface area contributed by atoms with Crippen molar-refractivity contribution in [3.05, 3.63) is 35.9 Å². The molecular formula is C23H39IN4O3. The second kappa shape index (κ2) is 12.5. The van der Waals surface area contributed by atoms with Gasteiger partial charge in [0.2, 0.25) is 0 Å². The largest absolute Gasteiger partial charge is 0.444 e. The van der Waals surface area contributed by atoms with Crippen LogP contribution >= 0.6 is 24.0 Å². The van der Waals surface area contributed by atoms with Crippen LogP contribution in [0, 0.1) is 5.92 Å². The van der Waals surface area contributed by atoms with Gasteiger partial charge in [0.05, 0.1) is 11.6 Å². The van der Waals surface area contributed by atoms with Crippen molar-refractivity contribution in [3.8, 4) is 0 Å². The lowest BCUT2D eigenvalue weighted by Crippen LogP contribution is -2.54. The van der Waals surface area contributed by atoms with Crippen molar-refractivity contribution in [2.75, 3.05) is 26.7 Å². The van der Waals surface area contributed by atoms with Crippen molar-refractivity contribution in [2.45, 2.75) is 64.7 Å². The minimum absolute atomic E-state index is 0. The molecule has 2 rings (SSSR count). The van der Waals surface area contributed by atoms with Crippen LogP contribution in [0.15, 0.2) is 35.3 Å². The molecule has 1 fully saturated rings. The number of amides is 1. The molecule has 2 unspecified atom stereocenters. The Hall–Kier alpha value is -1.55. The van der Waals surface area contributed by atoms with Gasteiger partial charge >= 0.3 is 6.09 Å². The number of hydrogen-bond acceptors (Lipinski definition) is 4. The molecule has 1 aliphatic rings. The molecule has 0 aromatic heterocycles. The number of nitrogens with one attached hydrogen (secondary N) is 3. The second-order valence-corrected chi connectivity index (χ2v) is 9.42. The van der Waals surface area contributed by atoms with Crippen molar-refractivity contribution in [2.24, 2.45) is 10.9 Å². The Morgan fingerprint density at radius 1 is 1.16 bits per heavy atom. The van der Waals surface area contributed by atoms with E-state index in [1.165, 1.54) is 5.56 Å².